The first kappa shape index (κ1) is 24.6. The van der Waals surface area contributed by atoms with E-state index in [1.807, 2.05) is 66.7 Å². The topological polar surface area (TPSA) is 130 Å². The van der Waals surface area contributed by atoms with Crippen LogP contribution in [0.3, 0.4) is 0 Å². The van der Waals surface area contributed by atoms with Crippen LogP contribution in [-0.2, 0) is 22.6 Å². The second-order valence-corrected chi connectivity index (χ2v) is 8.85. The number of rotatable bonds is 9. The number of aromatic nitrogens is 3. The van der Waals surface area contributed by atoms with Gasteiger partial charge in [0, 0.05) is 18.5 Å². The molecule has 190 valence electrons. The summed E-state index contributed by atoms with van der Waals surface area (Å²) in [4.78, 5) is 46.8. The van der Waals surface area contributed by atoms with Crippen LogP contribution >= 0.6 is 0 Å². The number of carbonyl (C=O) groups excluding carboxylic acids is 3. The van der Waals surface area contributed by atoms with E-state index in [0.29, 0.717) is 17.0 Å². The van der Waals surface area contributed by atoms with E-state index in [9.17, 15) is 14.4 Å². The molecule has 0 saturated carbocycles. The van der Waals surface area contributed by atoms with Gasteiger partial charge < -0.3 is 20.1 Å². The number of Topliss-reactive ketones (excluding diaryl/α,β-unsaturated/α-hetero) is 1. The molecule has 9 nitrogen and oxygen atoms in total. The number of H-pyrrole nitrogens is 1. The number of fused-ring (bicyclic) bond motifs is 1. The van der Waals surface area contributed by atoms with Crippen LogP contribution in [0.1, 0.15) is 27.2 Å². The lowest BCUT2D eigenvalue weighted by atomic mass is 10.00. The number of aryl methyl sites for hydroxylation is 1. The number of carbonyl (C=O) groups is 3. The third-order valence-electron chi connectivity index (χ3n) is 6.19. The molecule has 0 radical (unpaired) electrons. The van der Waals surface area contributed by atoms with Gasteiger partial charge in [-0.15, -0.1) is 0 Å². The van der Waals surface area contributed by atoms with Crippen LogP contribution < -0.4 is 10.6 Å². The van der Waals surface area contributed by atoms with Crippen molar-refractivity contribution in [1.82, 2.24) is 25.8 Å². The lowest BCUT2D eigenvalue weighted by molar-refractivity contribution is -0.139. The van der Waals surface area contributed by atoms with E-state index in [1.165, 1.54) is 0 Å². The highest BCUT2D eigenvalue weighted by Gasteiger charge is 2.30. The van der Waals surface area contributed by atoms with Crippen LogP contribution in [0.4, 0.5) is 0 Å². The Morgan fingerprint density at radius 1 is 0.947 bits per heavy atom. The lowest BCUT2D eigenvalue weighted by Crippen LogP contribution is -2.48. The molecule has 0 spiro atoms. The van der Waals surface area contributed by atoms with E-state index in [2.05, 4.69) is 25.8 Å². The maximum absolute atomic E-state index is 13.4. The van der Waals surface area contributed by atoms with Gasteiger partial charge in [-0.05, 0) is 30.2 Å². The number of hydrogen-bond donors (Lipinski definition) is 3. The standard InChI is InChI=1S/C29H25N5O4/c1-18-25(27(38-34-18)21-10-6-3-7-11-21)28(36)33-24(14-19-8-4-2-5-9-19)26(35)29(37)30-16-20-12-13-22-23(15-20)32-17-31-22/h2-13,15,17,24H,14,16H2,1H3,(H,30,37)(H,31,32)(H,33,36)/t24-/m0/s1. The monoisotopic (exact) mass is 507 g/mol. The average Bonchev–Trinajstić information content (AvgIpc) is 3.58. The van der Waals surface area contributed by atoms with Gasteiger partial charge in [0.15, 0.2) is 5.76 Å². The average molecular weight is 508 g/mol. The van der Waals surface area contributed by atoms with Crippen molar-refractivity contribution in [2.24, 2.45) is 0 Å². The molecule has 3 aromatic carbocycles. The highest BCUT2D eigenvalue weighted by molar-refractivity contribution is 6.38. The largest absolute Gasteiger partial charge is 0.355 e. The van der Waals surface area contributed by atoms with Gasteiger partial charge >= 0.3 is 0 Å². The smallest absolute Gasteiger partial charge is 0.289 e. The predicted molar refractivity (Wildman–Crippen MR) is 141 cm³/mol. The number of amides is 2. The fraction of sp³-hybridized carbons (Fsp3) is 0.138. The maximum atomic E-state index is 13.4. The zero-order valence-electron chi connectivity index (χ0n) is 20.6. The molecule has 0 saturated heterocycles. The van der Waals surface area contributed by atoms with Crippen molar-refractivity contribution >= 4 is 28.6 Å². The van der Waals surface area contributed by atoms with Crippen molar-refractivity contribution in [2.45, 2.75) is 25.9 Å². The number of hydrogen-bond acceptors (Lipinski definition) is 6. The Morgan fingerprint density at radius 3 is 2.45 bits per heavy atom. The number of ketones is 1. The molecule has 0 aliphatic rings. The quantitative estimate of drug-likeness (QED) is 0.261. The minimum atomic E-state index is -1.10. The molecule has 0 unspecified atom stereocenters. The molecule has 3 N–H and O–H groups in total. The van der Waals surface area contributed by atoms with Gasteiger partial charge in [0.25, 0.3) is 11.8 Å². The summed E-state index contributed by atoms with van der Waals surface area (Å²) in [6.07, 6.45) is 1.73. The predicted octanol–water partition coefficient (Wildman–Crippen LogP) is 3.75. The normalized spacial score (nSPS) is 11.7. The van der Waals surface area contributed by atoms with E-state index < -0.39 is 23.6 Å². The number of benzene rings is 3. The van der Waals surface area contributed by atoms with E-state index in [0.717, 1.165) is 22.2 Å². The van der Waals surface area contributed by atoms with E-state index in [-0.39, 0.29) is 18.5 Å². The molecule has 0 bridgehead atoms. The molecule has 0 aliphatic carbocycles. The van der Waals surface area contributed by atoms with E-state index in [4.69, 9.17) is 4.52 Å². The second-order valence-electron chi connectivity index (χ2n) is 8.85. The summed E-state index contributed by atoms with van der Waals surface area (Å²) >= 11 is 0. The van der Waals surface area contributed by atoms with Gasteiger partial charge in [-0.1, -0.05) is 71.9 Å². The first-order valence-corrected chi connectivity index (χ1v) is 12.1. The summed E-state index contributed by atoms with van der Waals surface area (Å²) in [5.74, 6) is -1.79. The minimum absolute atomic E-state index is 0.143. The molecule has 0 aliphatic heterocycles. The van der Waals surface area contributed by atoms with Crippen molar-refractivity contribution in [3.8, 4) is 11.3 Å². The Kier molecular flexibility index (Phi) is 7.08. The molecule has 0 fully saturated rings. The molecule has 5 rings (SSSR count). The summed E-state index contributed by atoms with van der Waals surface area (Å²) in [6, 6.07) is 22.7. The third kappa shape index (κ3) is 5.36. The first-order valence-electron chi connectivity index (χ1n) is 12.1. The Balaban J connectivity index is 1.35. The van der Waals surface area contributed by atoms with Gasteiger partial charge in [-0.2, -0.15) is 0 Å². The summed E-state index contributed by atoms with van der Waals surface area (Å²) in [7, 11) is 0. The fourth-order valence-electron chi connectivity index (χ4n) is 4.23. The molecular formula is C29H25N5O4. The Bertz CT molecular complexity index is 1590. The maximum Gasteiger partial charge on any atom is 0.289 e. The molecule has 1 atom stereocenters. The second kappa shape index (κ2) is 10.9. The summed E-state index contributed by atoms with van der Waals surface area (Å²) in [5, 5.41) is 9.39. The molecular weight excluding hydrogens is 482 g/mol. The van der Waals surface area contributed by atoms with Gasteiger partial charge in [-0.3, -0.25) is 14.4 Å². The fourth-order valence-corrected chi connectivity index (χ4v) is 4.23. The number of nitrogens with zero attached hydrogens (tertiary/aromatic N) is 2. The molecule has 2 heterocycles. The summed E-state index contributed by atoms with van der Waals surface area (Å²) in [5.41, 5.74) is 4.52. The lowest BCUT2D eigenvalue weighted by Gasteiger charge is -2.18. The van der Waals surface area contributed by atoms with Crippen molar-refractivity contribution in [3.63, 3.8) is 0 Å². The number of nitrogens with one attached hydrogen (secondary N) is 3. The first-order chi connectivity index (χ1) is 18.5. The SMILES string of the molecule is Cc1noc(-c2ccccc2)c1C(=O)N[C@@H](Cc1ccccc1)C(=O)C(=O)NCc1ccc2nc[nH]c2c1. The molecule has 38 heavy (non-hydrogen) atoms. The van der Waals surface area contributed by atoms with Crippen LogP contribution in [0.25, 0.3) is 22.4 Å². The van der Waals surface area contributed by atoms with E-state index >= 15 is 0 Å². The van der Waals surface area contributed by atoms with Crippen LogP contribution in [-0.4, -0.2) is 38.8 Å². The Morgan fingerprint density at radius 2 is 1.68 bits per heavy atom. The van der Waals surface area contributed by atoms with Gasteiger partial charge in [0.2, 0.25) is 5.78 Å². The molecule has 2 aromatic heterocycles. The summed E-state index contributed by atoms with van der Waals surface area (Å²) < 4.78 is 5.44. The van der Waals surface area contributed by atoms with Gasteiger partial charge in [0.1, 0.15) is 11.6 Å². The highest BCUT2D eigenvalue weighted by Crippen LogP contribution is 2.26. The third-order valence-corrected chi connectivity index (χ3v) is 6.19. The van der Waals surface area contributed by atoms with Crippen molar-refractivity contribution in [3.05, 3.63) is 108 Å². The number of aromatic amines is 1. The molecule has 5 aromatic rings. The Labute approximate surface area is 218 Å². The zero-order valence-corrected chi connectivity index (χ0v) is 20.6. The minimum Gasteiger partial charge on any atom is -0.355 e. The molecule has 2 amide bonds. The molecule has 9 heteroatoms. The van der Waals surface area contributed by atoms with Crippen LogP contribution in [0.15, 0.2) is 89.7 Å². The summed E-state index contributed by atoms with van der Waals surface area (Å²) in [6.45, 7) is 1.80. The van der Waals surface area contributed by atoms with E-state index in [1.54, 1.807) is 25.4 Å². The highest BCUT2D eigenvalue weighted by atomic mass is 16.5. The van der Waals surface area contributed by atoms with Crippen LogP contribution in [0.2, 0.25) is 0 Å². The van der Waals surface area contributed by atoms with Crippen LogP contribution in [0.5, 0.6) is 0 Å². The van der Waals surface area contributed by atoms with Crippen molar-refractivity contribution in [1.29, 1.82) is 0 Å². The van der Waals surface area contributed by atoms with Gasteiger partial charge in [-0.25, -0.2) is 4.98 Å². The number of imidazole rings is 1. The zero-order chi connectivity index (χ0) is 26.5. The van der Waals surface area contributed by atoms with Crippen LogP contribution in [0, 0.1) is 6.92 Å². The van der Waals surface area contributed by atoms with Crippen molar-refractivity contribution < 1.29 is 18.9 Å². The van der Waals surface area contributed by atoms with Crippen molar-refractivity contribution in [2.75, 3.05) is 0 Å². The Hall–Kier alpha value is -5.05. The van der Waals surface area contributed by atoms with Gasteiger partial charge in [0.05, 0.1) is 23.1 Å².